The molecule has 0 aliphatic heterocycles. The van der Waals surface area contributed by atoms with E-state index in [1.54, 1.807) is 19.1 Å². The number of anilines is 1. The zero-order valence-electron chi connectivity index (χ0n) is 10.8. The third kappa shape index (κ3) is 2.94. The first-order valence-electron chi connectivity index (χ1n) is 5.87. The Bertz CT molecular complexity index is 732. The highest BCUT2D eigenvalue weighted by atomic mass is 32.2. The summed E-state index contributed by atoms with van der Waals surface area (Å²) in [5.41, 5.74) is 6.21. The van der Waals surface area contributed by atoms with Crippen LogP contribution in [0.15, 0.2) is 41.4 Å². The number of aryl methyl sites for hydroxylation is 1. The number of rotatable bonds is 4. The molecule has 1 aromatic carbocycles. The highest BCUT2D eigenvalue weighted by molar-refractivity contribution is 7.92. The zero-order chi connectivity index (χ0) is 14.8. The molecule has 20 heavy (non-hydrogen) atoms. The van der Waals surface area contributed by atoms with Crippen molar-refractivity contribution in [2.75, 3.05) is 4.72 Å². The molecule has 0 saturated carbocycles. The number of hydrogen-bond donors (Lipinski definition) is 2. The summed E-state index contributed by atoms with van der Waals surface area (Å²) in [4.78, 5) is 3.91. The van der Waals surface area contributed by atoms with Gasteiger partial charge < -0.3 is 5.73 Å². The first-order valence-corrected chi connectivity index (χ1v) is 7.35. The summed E-state index contributed by atoms with van der Waals surface area (Å²) in [5.74, 6) is -0.286. The molecule has 0 aliphatic rings. The topological polar surface area (TPSA) is 85.1 Å². The van der Waals surface area contributed by atoms with Crippen LogP contribution >= 0.6 is 0 Å². The van der Waals surface area contributed by atoms with Crippen molar-refractivity contribution < 1.29 is 12.8 Å². The molecule has 0 amide bonds. The molecule has 0 unspecified atom stereocenters. The molecule has 7 heteroatoms. The third-order valence-corrected chi connectivity index (χ3v) is 4.12. The normalized spacial score (nSPS) is 11.3. The summed E-state index contributed by atoms with van der Waals surface area (Å²) >= 11 is 0. The van der Waals surface area contributed by atoms with E-state index in [-0.39, 0.29) is 22.8 Å². The van der Waals surface area contributed by atoms with Gasteiger partial charge in [-0.15, -0.1) is 0 Å². The van der Waals surface area contributed by atoms with Gasteiger partial charge in [-0.2, -0.15) is 0 Å². The summed E-state index contributed by atoms with van der Waals surface area (Å²) in [6.07, 6.45) is 1.49. The van der Waals surface area contributed by atoms with E-state index in [9.17, 15) is 12.8 Å². The smallest absolute Gasteiger partial charge is 0.263 e. The fourth-order valence-corrected chi connectivity index (χ4v) is 2.78. The van der Waals surface area contributed by atoms with Crippen molar-refractivity contribution in [3.63, 3.8) is 0 Å². The number of hydrogen-bond acceptors (Lipinski definition) is 4. The maximum absolute atomic E-state index is 13.3. The summed E-state index contributed by atoms with van der Waals surface area (Å²) in [6, 6.07) is 6.94. The van der Waals surface area contributed by atoms with E-state index in [1.807, 2.05) is 0 Å². The van der Waals surface area contributed by atoms with Crippen LogP contribution in [0.5, 0.6) is 0 Å². The summed E-state index contributed by atoms with van der Waals surface area (Å²) in [5, 5.41) is 0. The summed E-state index contributed by atoms with van der Waals surface area (Å²) < 4.78 is 40.2. The number of nitrogens with zero attached hydrogens (tertiary/aromatic N) is 1. The number of sulfonamides is 1. The molecule has 2 aromatic rings. The van der Waals surface area contributed by atoms with Crippen molar-refractivity contribution in [2.24, 2.45) is 5.73 Å². The fraction of sp³-hybridized carbons (Fsp3) is 0.154. The summed E-state index contributed by atoms with van der Waals surface area (Å²) in [6.45, 7) is 1.67. The van der Waals surface area contributed by atoms with Crippen molar-refractivity contribution in [3.05, 3.63) is 53.5 Å². The lowest BCUT2D eigenvalue weighted by Crippen LogP contribution is -2.15. The predicted molar refractivity (Wildman–Crippen MR) is 74.1 cm³/mol. The average Bonchev–Trinajstić information content (AvgIpc) is 2.41. The maximum Gasteiger partial charge on any atom is 0.263 e. The molecule has 0 fully saturated rings. The molecular weight excluding hydrogens is 281 g/mol. The molecule has 0 bridgehead atoms. The highest BCUT2D eigenvalue weighted by Crippen LogP contribution is 2.19. The standard InChI is InChI=1S/C13H14FN3O2S/c1-9-3-2-6-16-13(9)17-20(18,19)11-4-5-12(14)10(7-11)8-15/h2-7H,8,15H2,1H3,(H,16,17). The second-order valence-corrected chi connectivity index (χ2v) is 5.91. The molecule has 0 spiro atoms. The van der Waals surface area contributed by atoms with Gasteiger partial charge in [-0.05, 0) is 36.8 Å². The summed E-state index contributed by atoms with van der Waals surface area (Å²) in [7, 11) is -3.82. The van der Waals surface area contributed by atoms with Crippen molar-refractivity contribution >= 4 is 15.8 Å². The van der Waals surface area contributed by atoms with Gasteiger partial charge >= 0.3 is 0 Å². The van der Waals surface area contributed by atoms with Crippen molar-refractivity contribution in [1.82, 2.24) is 4.98 Å². The minimum absolute atomic E-state index is 0.0515. The van der Waals surface area contributed by atoms with E-state index in [0.29, 0.717) is 5.56 Å². The van der Waals surface area contributed by atoms with Gasteiger partial charge in [0.1, 0.15) is 11.6 Å². The first kappa shape index (κ1) is 14.4. The Morgan fingerprint density at radius 2 is 2.10 bits per heavy atom. The SMILES string of the molecule is Cc1cccnc1NS(=O)(=O)c1ccc(F)c(CN)c1. The van der Waals surface area contributed by atoms with Crippen LogP contribution < -0.4 is 10.5 Å². The van der Waals surface area contributed by atoms with Crippen LogP contribution in [0.4, 0.5) is 10.2 Å². The van der Waals surface area contributed by atoms with E-state index in [4.69, 9.17) is 5.73 Å². The maximum atomic E-state index is 13.3. The fourth-order valence-electron chi connectivity index (χ4n) is 1.65. The predicted octanol–water partition coefficient (Wildman–Crippen LogP) is 1.79. The zero-order valence-corrected chi connectivity index (χ0v) is 11.6. The van der Waals surface area contributed by atoms with Gasteiger partial charge in [0.05, 0.1) is 4.90 Å². The van der Waals surface area contributed by atoms with Gasteiger partial charge in [0, 0.05) is 18.3 Å². The molecule has 0 saturated heterocycles. The molecule has 0 radical (unpaired) electrons. The first-order chi connectivity index (χ1) is 9.44. The van der Waals surface area contributed by atoms with Crippen LogP contribution in [0.2, 0.25) is 0 Å². The largest absolute Gasteiger partial charge is 0.326 e. The number of halogens is 1. The lowest BCUT2D eigenvalue weighted by Gasteiger charge is -2.10. The monoisotopic (exact) mass is 295 g/mol. The van der Waals surface area contributed by atoms with Crippen LogP contribution in [-0.2, 0) is 16.6 Å². The second kappa shape index (κ2) is 5.56. The van der Waals surface area contributed by atoms with Gasteiger partial charge in [-0.3, -0.25) is 4.72 Å². The Hall–Kier alpha value is -1.99. The molecule has 106 valence electrons. The Labute approximate surface area is 116 Å². The lowest BCUT2D eigenvalue weighted by atomic mass is 10.2. The van der Waals surface area contributed by atoms with E-state index in [2.05, 4.69) is 9.71 Å². The molecule has 1 heterocycles. The van der Waals surface area contributed by atoms with Gasteiger partial charge in [-0.1, -0.05) is 6.07 Å². The van der Waals surface area contributed by atoms with Crippen LogP contribution in [-0.4, -0.2) is 13.4 Å². The van der Waals surface area contributed by atoms with E-state index in [1.165, 1.54) is 18.3 Å². The van der Waals surface area contributed by atoms with Crippen LogP contribution in [0.3, 0.4) is 0 Å². The molecule has 3 N–H and O–H groups in total. The molecule has 2 rings (SSSR count). The number of benzene rings is 1. The minimum atomic E-state index is -3.82. The van der Waals surface area contributed by atoms with E-state index >= 15 is 0 Å². The van der Waals surface area contributed by atoms with Crippen molar-refractivity contribution in [2.45, 2.75) is 18.4 Å². The Morgan fingerprint density at radius 3 is 2.75 bits per heavy atom. The van der Waals surface area contributed by atoms with Crippen LogP contribution in [0.1, 0.15) is 11.1 Å². The average molecular weight is 295 g/mol. The highest BCUT2D eigenvalue weighted by Gasteiger charge is 2.17. The van der Waals surface area contributed by atoms with Gasteiger partial charge in [0.2, 0.25) is 0 Å². The van der Waals surface area contributed by atoms with Crippen LogP contribution in [0.25, 0.3) is 0 Å². The molecular formula is C13H14FN3O2S. The Balaban J connectivity index is 2.38. The van der Waals surface area contributed by atoms with Gasteiger partial charge in [0.25, 0.3) is 10.0 Å². The number of nitrogens with two attached hydrogens (primary N) is 1. The number of nitrogens with one attached hydrogen (secondary N) is 1. The van der Waals surface area contributed by atoms with Gasteiger partial charge in [-0.25, -0.2) is 17.8 Å². The molecule has 0 atom stereocenters. The van der Waals surface area contributed by atoms with Crippen molar-refractivity contribution in [3.8, 4) is 0 Å². The Morgan fingerprint density at radius 1 is 1.35 bits per heavy atom. The molecule has 0 aliphatic carbocycles. The Kier molecular flexibility index (Phi) is 4.01. The quantitative estimate of drug-likeness (QED) is 0.900. The van der Waals surface area contributed by atoms with Crippen molar-refractivity contribution in [1.29, 1.82) is 0 Å². The lowest BCUT2D eigenvalue weighted by molar-refractivity contribution is 0.596. The van der Waals surface area contributed by atoms with E-state index < -0.39 is 15.8 Å². The molecule has 1 aromatic heterocycles. The molecule has 5 nitrogen and oxygen atoms in total. The second-order valence-electron chi connectivity index (χ2n) is 4.23. The van der Waals surface area contributed by atoms with Crippen LogP contribution in [0, 0.1) is 12.7 Å². The van der Waals surface area contributed by atoms with Gasteiger partial charge in [0.15, 0.2) is 0 Å². The minimum Gasteiger partial charge on any atom is -0.326 e. The number of pyridine rings is 1. The number of aromatic nitrogens is 1. The van der Waals surface area contributed by atoms with E-state index in [0.717, 1.165) is 6.07 Å². The third-order valence-electron chi connectivity index (χ3n) is 2.79.